The summed E-state index contributed by atoms with van der Waals surface area (Å²) >= 11 is 0. The smallest absolute Gasteiger partial charge is 0.320 e. The van der Waals surface area contributed by atoms with E-state index in [9.17, 15) is 9.59 Å². The minimum absolute atomic E-state index is 0.0864. The van der Waals surface area contributed by atoms with Crippen molar-refractivity contribution < 1.29 is 19.4 Å². The molecular weight excluding hydrogens is 258 g/mol. The first-order valence-corrected chi connectivity index (χ1v) is 7.11. The van der Waals surface area contributed by atoms with Crippen molar-refractivity contribution >= 4 is 11.9 Å². The second-order valence-electron chi connectivity index (χ2n) is 4.65. The maximum absolute atomic E-state index is 10.8. The number of unbranched alkanes of at least 4 members (excludes halogenated alkanes) is 6. The zero-order valence-corrected chi connectivity index (χ0v) is 12.8. The largest absolute Gasteiger partial charge is 0.480 e. The Kier molecular flexibility index (Phi) is 16.4. The van der Waals surface area contributed by atoms with Crippen molar-refractivity contribution in [2.24, 2.45) is 5.73 Å². The highest BCUT2D eigenvalue weighted by atomic mass is 16.5. The summed E-state index contributed by atoms with van der Waals surface area (Å²) in [7, 11) is 1.44. The Morgan fingerprint density at radius 2 is 1.65 bits per heavy atom. The summed E-state index contributed by atoms with van der Waals surface area (Å²) in [6.45, 7) is 5.10. The molecule has 0 rings (SSSR count). The highest BCUT2D eigenvalue weighted by Gasteiger charge is 1.99. The zero-order chi connectivity index (χ0) is 15.8. The van der Waals surface area contributed by atoms with Crippen LogP contribution in [-0.2, 0) is 14.3 Å². The Hall–Kier alpha value is -1.36. The predicted molar refractivity (Wildman–Crippen MR) is 80.4 cm³/mol. The van der Waals surface area contributed by atoms with Crippen LogP contribution in [0.15, 0.2) is 12.7 Å². The number of carbonyl (C=O) groups is 2. The standard InChI is InChI=1S/C12H22O2.C3H7NO2/c1-3-4-5-6-7-8-9-10-11-12(13)14-2;1-2(4)3(5)6/h3H,1,4-11H2,2H3;2H,4H2,1H3,(H,5,6)/t;2-/m.0/s1. The highest BCUT2D eigenvalue weighted by Crippen LogP contribution is 2.08. The second kappa shape index (κ2) is 15.7. The fourth-order valence-electron chi connectivity index (χ4n) is 1.37. The summed E-state index contributed by atoms with van der Waals surface area (Å²) in [6.07, 6.45) is 10.8. The molecule has 0 spiro atoms. The normalized spacial score (nSPS) is 10.9. The van der Waals surface area contributed by atoms with Gasteiger partial charge in [-0.1, -0.05) is 31.8 Å². The molecule has 0 fully saturated rings. The number of carboxylic acid groups (broad SMARTS) is 1. The number of methoxy groups -OCH3 is 1. The van der Waals surface area contributed by atoms with E-state index in [1.807, 2.05) is 6.08 Å². The maximum atomic E-state index is 10.8. The monoisotopic (exact) mass is 287 g/mol. The predicted octanol–water partition coefficient (Wildman–Crippen LogP) is 2.88. The first kappa shape index (κ1) is 20.9. The van der Waals surface area contributed by atoms with E-state index in [-0.39, 0.29) is 5.97 Å². The van der Waals surface area contributed by atoms with E-state index in [2.05, 4.69) is 11.3 Å². The topological polar surface area (TPSA) is 89.6 Å². The number of ether oxygens (including phenoxy) is 1. The summed E-state index contributed by atoms with van der Waals surface area (Å²) in [5.41, 5.74) is 4.84. The van der Waals surface area contributed by atoms with Crippen LogP contribution in [0.2, 0.25) is 0 Å². The van der Waals surface area contributed by atoms with Gasteiger partial charge in [-0.3, -0.25) is 9.59 Å². The Bertz CT molecular complexity index is 265. The van der Waals surface area contributed by atoms with E-state index in [1.165, 1.54) is 39.7 Å². The fraction of sp³-hybridized carbons (Fsp3) is 0.733. The van der Waals surface area contributed by atoms with Crippen LogP contribution in [0, 0.1) is 0 Å². The Morgan fingerprint density at radius 1 is 1.20 bits per heavy atom. The molecule has 5 nitrogen and oxygen atoms in total. The van der Waals surface area contributed by atoms with Gasteiger partial charge in [0.15, 0.2) is 0 Å². The summed E-state index contributed by atoms with van der Waals surface area (Å²) in [5, 5.41) is 7.87. The number of rotatable bonds is 10. The summed E-state index contributed by atoms with van der Waals surface area (Å²) in [4.78, 5) is 20.3. The molecule has 0 saturated heterocycles. The van der Waals surface area contributed by atoms with E-state index in [1.54, 1.807) is 0 Å². The van der Waals surface area contributed by atoms with Gasteiger partial charge in [-0.05, 0) is 26.2 Å². The minimum Gasteiger partial charge on any atom is -0.480 e. The maximum Gasteiger partial charge on any atom is 0.320 e. The summed E-state index contributed by atoms with van der Waals surface area (Å²) in [5.74, 6) is -1.05. The lowest BCUT2D eigenvalue weighted by Gasteiger charge is -2.00. The lowest BCUT2D eigenvalue weighted by atomic mass is 10.1. The second-order valence-corrected chi connectivity index (χ2v) is 4.65. The number of hydrogen-bond donors (Lipinski definition) is 2. The molecule has 20 heavy (non-hydrogen) atoms. The number of aliphatic carboxylic acids is 1. The molecule has 0 unspecified atom stereocenters. The molecule has 0 amide bonds. The third-order valence-electron chi connectivity index (χ3n) is 2.66. The van der Waals surface area contributed by atoms with Crippen LogP contribution in [0.5, 0.6) is 0 Å². The molecule has 0 aliphatic rings. The number of hydrogen-bond acceptors (Lipinski definition) is 4. The number of carboxylic acids is 1. The van der Waals surface area contributed by atoms with Crippen molar-refractivity contribution in [3.63, 3.8) is 0 Å². The van der Waals surface area contributed by atoms with Crippen molar-refractivity contribution in [2.45, 2.75) is 64.3 Å². The van der Waals surface area contributed by atoms with Crippen LogP contribution in [0.1, 0.15) is 58.3 Å². The van der Waals surface area contributed by atoms with Crippen LogP contribution in [0.4, 0.5) is 0 Å². The van der Waals surface area contributed by atoms with Crippen LogP contribution in [0.25, 0.3) is 0 Å². The fourth-order valence-corrected chi connectivity index (χ4v) is 1.37. The molecule has 0 bridgehead atoms. The van der Waals surface area contributed by atoms with Gasteiger partial charge in [0.25, 0.3) is 0 Å². The first-order chi connectivity index (χ1) is 9.45. The SMILES string of the molecule is C=CCCCCCCCCC(=O)OC.C[C@H](N)C(=O)O. The van der Waals surface area contributed by atoms with Gasteiger partial charge >= 0.3 is 11.9 Å². The molecule has 3 N–H and O–H groups in total. The van der Waals surface area contributed by atoms with Crippen LogP contribution >= 0.6 is 0 Å². The third-order valence-corrected chi connectivity index (χ3v) is 2.66. The van der Waals surface area contributed by atoms with E-state index in [0.717, 1.165) is 19.3 Å². The molecule has 0 aromatic heterocycles. The molecule has 0 radical (unpaired) electrons. The molecule has 0 saturated carbocycles. The zero-order valence-electron chi connectivity index (χ0n) is 12.8. The molecular formula is C15H29NO4. The van der Waals surface area contributed by atoms with Gasteiger partial charge in [0, 0.05) is 6.42 Å². The van der Waals surface area contributed by atoms with Gasteiger partial charge in [0.05, 0.1) is 7.11 Å². The summed E-state index contributed by atoms with van der Waals surface area (Å²) in [6, 6.07) is -0.731. The van der Waals surface area contributed by atoms with Crippen molar-refractivity contribution in [3.05, 3.63) is 12.7 Å². The quantitative estimate of drug-likeness (QED) is 0.366. The van der Waals surface area contributed by atoms with Gasteiger partial charge < -0.3 is 15.6 Å². The van der Waals surface area contributed by atoms with Gasteiger partial charge in [0.1, 0.15) is 6.04 Å². The Balaban J connectivity index is 0. The molecule has 5 heteroatoms. The molecule has 0 heterocycles. The highest BCUT2D eigenvalue weighted by molar-refractivity contribution is 5.72. The van der Waals surface area contributed by atoms with E-state index >= 15 is 0 Å². The van der Waals surface area contributed by atoms with Gasteiger partial charge in [-0.25, -0.2) is 0 Å². The minimum atomic E-state index is -0.963. The average Bonchev–Trinajstić information content (AvgIpc) is 2.42. The van der Waals surface area contributed by atoms with Gasteiger partial charge in [0.2, 0.25) is 0 Å². The van der Waals surface area contributed by atoms with Crippen LogP contribution in [0.3, 0.4) is 0 Å². The lowest BCUT2D eigenvalue weighted by molar-refractivity contribution is -0.141. The van der Waals surface area contributed by atoms with Crippen molar-refractivity contribution in [1.29, 1.82) is 0 Å². The Morgan fingerprint density at radius 3 is 2.05 bits per heavy atom. The summed E-state index contributed by atoms with van der Waals surface area (Å²) < 4.78 is 4.56. The molecule has 0 aromatic rings. The number of esters is 1. The number of carbonyl (C=O) groups excluding carboxylic acids is 1. The van der Waals surface area contributed by atoms with E-state index < -0.39 is 12.0 Å². The van der Waals surface area contributed by atoms with Crippen molar-refractivity contribution in [2.75, 3.05) is 7.11 Å². The van der Waals surface area contributed by atoms with Gasteiger partial charge in [-0.15, -0.1) is 6.58 Å². The molecule has 0 aliphatic carbocycles. The third kappa shape index (κ3) is 19.0. The number of nitrogens with two attached hydrogens (primary N) is 1. The lowest BCUT2D eigenvalue weighted by Crippen LogP contribution is -2.25. The average molecular weight is 287 g/mol. The van der Waals surface area contributed by atoms with Gasteiger partial charge in [-0.2, -0.15) is 0 Å². The number of allylic oxidation sites excluding steroid dienone is 1. The van der Waals surface area contributed by atoms with E-state index in [0.29, 0.717) is 6.42 Å². The Labute approximate surface area is 122 Å². The molecule has 118 valence electrons. The molecule has 0 aliphatic heterocycles. The molecule has 0 aromatic carbocycles. The van der Waals surface area contributed by atoms with Crippen LogP contribution in [-0.4, -0.2) is 30.2 Å². The van der Waals surface area contributed by atoms with Crippen molar-refractivity contribution in [3.8, 4) is 0 Å². The first-order valence-electron chi connectivity index (χ1n) is 7.11. The molecule has 1 atom stereocenters. The van der Waals surface area contributed by atoms with Crippen LogP contribution < -0.4 is 5.73 Å². The van der Waals surface area contributed by atoms with E-state index in [4.69, 9.17) is 10.8 Å². The van der Waals surface area contributed by atoms with Crippen molar-refractivity contribution in [1.82, 2.24) is 0 Å².